The smallest absolute Gasteiger partial charge is 0.350 e. The van der Waals surface area contributed by atoms with Gasteiger partial charge in [0.15, 0.2) is 0 Å². The number of carbonyl (C=O) groups is 2. The minimum Gasteiger partial charge on any atom is -0.350 e. The number of hydrogen-bond donors (Lipinski definition) is 2. The highest BCUT2D eigenvalue weighted by molar-refractivity contribution is 6.35. The third-order valence-electron chi connectivity index (χ3n) is 8.23. The molecule has 5 nitrogen and oxygen atoms in total. The van der Waals surface area contributed by atoms with Crippen LogP contribution in [0, 0.1) is 12.8 Å². The molecule has 3 aliphatic heterocycles. The van der Waals surface area contributed by atoms with Crippen LogP contribution in [-0.2, 0) is 27.6 Å². The van der Waals surface area contributed by atoms with Crippen LogP contribution in [0.3, 0.4) is 0 Å². The predicted octanol–water partition coefficient (Wildman–Crippen LogP) is 5.29. The zero-order valence-electron chi connectivity index (χ0n) is 21.0. The summed E-state index contributed by atoms with van der Waals surface area (Å²) in [6, 6.07) is 7.69. The van der Waals surface area contributed by atoms with Crippen molar-refractivity contribution in [2.45, 2.75) is 62.7 Å². The molecule has 4 aliphatic rings. The summed E-state index contributed by atoms with van der Waals surface area (Å²) in [5, 5.41) is 6.65. The van der Waals surface area contributed by atoms with E-state index in [0.29, 0.717) is 46.5 Å². The molecular weight excluding hydrogens is 538 g/mol. The van der Waals surface area contributed by atoms with Crippen LogP contribution in [0.25, 0.3) is 0 Å². The van der Waals surface area contributed by atoms with Crippen molar-refractivity contribution in [2.75, 3.05) is 19.6 Å². The van der Waals surface area contributed by atoms with Crippen LogP contribution in [0.15, 0.2) is 36.4 Å². The van der Waals surface area contributed by atoms with Crippen molar-refractivity contribution >= 4 is 35.0 Å². The molecule has 2 aromatic rings. The van der Waals surface area contributed by atoms with Gasteiger partial charge in [0.05, 0.1) is 11.0 Å². The summed E-state index contributed by atoms with van der Waals surface area (Å²) in [5.74, 6) is -0.562. The Hall–Kier alpha value is -2.29. The van der Waals surface area contributed by atoms with E-state index >= 15 is 0 Å². The number of benzene rings is 2. The molecule has 2 aromatic carbocycles. The SMILES string of the molecule is Cc1ccc(CC(NC(=O)C2(c3ccc(Cl)cc3Cl)CC2)C(=O)N[C@@H]2CN3CCC2CC3)c(C(F)(F)F)c1. The number of alkyl halides is 3. The molecule has 204 valence electrons. The summed E-state index contributed by atoms with van der Waals surface area (Å²) in [4.78, 5) is 29.5. The molecule has 0 radical (unpaired) electrons. The molecule has 0 spiro atoms. The van der Waals surface area contributed by atoms with Crippen molar-refractivity contribution in [1.29, 1.82) is 0 Å². The molecule has 6 rings (SSSR count). The Morgan fingerprint density at radius 3 is 2.39 bits per heavy atom. The van der Waals surface area contributed by atoms with E-state index in [-0.39, 0.29) is 18.0 Å². The number of rotatable bonds is 7. The number of amides is 2. The second-order valence-corrected chi connectivity index (χ2v) is 11.7. The monoisotopic (exact) mass is 567 g/mol. The van der Waals surface area contributed by atoms with Gasteiger partial charge in [0.2, 0.25) is 11.8 Å². The molecule has 2 atom stereocenters. The fraction of sp³-hybridized carbons (Fsp3) is 0.500. The van der Waals surface area contributed by atoms with E-state index in [1.807, 2.05) is 0 Å². The summed E-state index contributed by atoms with van der Waals surface area (Å²) < 4.78 is 41.7. The van der Waals surface area contributed by atoms with Gasteiger partial charge < -0.3 is 15.5 Å². The number of carbonyl (C=O) groups excluding carboxylic acids is 2. The number of aryl methyl sites for hydroxylation is 1. The molecule has 2 amide bonds. The summed E-state index contributed by atoms with van der Waals surface area (Å²) in [5.41, 5.74) is -0.701. The first kappa shape index (κ1) is 27.3. The number of piperidine rings is 3. The van der Waals surface area contributed by atoms with Gasteiger partial charge in [0.25, 0.3) is 0 Å². The highest BCUT2D eigenvalue weighted by atomic mass is 35.5. The second-order valence-electron chi connectivity index (χ2n) is 10.8. The van der Waals surface area contributed by atoms with Crippen molar-refractivity contribution in [2.24, 2.45) is 5.92 Å². The molecule has 3 saturated heterocycles. The second kappa shape index (κ2) is 10.4. The van der Waals surface area contributed by atoms with Crippen LogP contribution >= 0.6 is 23.2 Å². The van der Waals surface area contributed by atoms with Gasteiger partial charge in [-0.1, -0.05) is 47.0 Å². The maximum Gasteiger partial charge on any atom is 0.416 e. The number of fused-ring (bicyclic) bond motifs is 3. The standard InChI is InChI=1S/C28H30Cl2F3N3O2/c1-16-2-3-18(21(12-16)28(31,32)33)13-23(25(37)34-24-15-36-10-6-17(24)7-11-36)35-26(38)27(8-9-27)20-5-4-19(29)14-22(20)30/h2-5,12,14,17,23-24H,6-11,13,15H2,1H3,(H,34,37)(H,35,38)/t23?,24-/m1/s1. The summed E-state index contributed by atoms with van der Waals surface area (Å²) in [7, 11) is 0. The van der Waals surface area contributed by atoms with Gasteiger partial charge >= 0.3 is 6.18 Å². The van der Waals surface area contributed by atoms with E-state index in [4.69, 9.17) is 23.2 Å². The third kappa shape index (κ3) is 5.54. The zero-order chi connectivity index (χ0) is 27.2. The Bertz CT molecular complexity index is 1240. The van der Waals surface area contributed by atoms with Crippen LogP contribution in [0.4, 0.5) is 13.2 Å². The van der Waals surface area contributed by atoms with Crippen LogP contribution < -0.4 is 10.6 Å². The molecule has 0 aromatic heterocycles. The Labute approximate surface area is 230 Å². The molecule has 1 unspecified atom stereocenters. The largest absolute Gasteiger partial charge is 0.416 e. The zero-order valence-corrected chi connectivity index (χ0v) is 22.5. The van der Waals surface area contributed by atoms with Crippen molar-refractivity contribution in [1.82, 2.24) is 15.5 Å². The van der Waals surface area contributed by atoms with Crippen molar-refractivity contribution in [3.8, 4) is 0 Å². The molecule has 3 heterocycles. The van der Waals surface area contributed by atoms with Crippen molar-refractivity contribution in [3.05, 3.63) is 68.7 Å². The van der Waals surface area contributed by atoms with Crippen molar-refractivity contribution in [3.63, 3.8) is 0 Å². The molecule has 4 fully saturated rings. The highest BCUT2D eigenvalue weighted by Crippen LogP contribution is 2.51. The lowest BCUT2D eigenvalue weighted by Gasteiger charge is -2.45. The van der Waals surface area contributed by atoms with Gasteiger partial charge in [-0.2, -0.15) is 13.2 Å². The average Bonchev–Trinajstić information content (AvgIpc) is 3.66. The van der Waals surface area contributed by atoms with Gasteiger partial charge in [-0.3, -0.25) is 9.59 Å². The van der Waals surface area contributed by atoms with E-state index in [1.54, 1.807) is 31.2 Å². The van der Waals surface area contributed by atoms with Gasteiger partial charge in [-0.25, -0.2) is 0 Å². The highest BCUT2D eigenvalue weighted by Gasteiger charge is 2.53. The third-order valence-corrected chi connectivity index (χ3v) is 8.78. The lowest BCUT2D eigenvalue weighted by molar-refractivity contribution is -0.138. The van der Waals surface area contributed by atoms with Crippen LogP contribution in [-0.4, -0.2) is 48.4 Å². The van der Waals surface area contributed by atoms with E-state index in [0.717, 1.165) is 32.0 Å². The normalized spacial score (nSPS) is 24.5. The Morgan fingerprint density at radius 1 is 1.11 bits per heavy atom. The Balaban J connectivity index is 1.42. The fourth-order valence-corrected chi connectivity index (χ4v) is 6.48. The predicted molar refractivity (Wildman–Crippen MR) is 140 cm³/mol. The summed E-state index contributed by atoms with van der Waals surface area (Å²) in [6.45, 7) is 4.27. The number of nitrogens with one attached hydrogen (secondary N) is 2. The topological polar surface area (TPSA) is 61.4 Å². The molecule has 2 N–H and O–H groups in total. The average molecular weight is 568 g/mol. The Kier molecular flexibility index (Phi) is 7.44. The number of halogens is 5. The maximum atomic E-state index is 13.9. The maximum absolute atomic E-state index is 13.9. The summed E-state index contributed by atoms with van der Waals surface area (Å²) in [6.07, 6.45) is -1.89. The van der Waals surface area contributed by atoms with E-state index < -0.39 is 35.0 Å². The van der Waals surface area contributed by atoms with Crippen LogP contribution in [0.1, 0.15) is 47.9 Å². The van der Waals surface area contributed by atoms with Gasteiger partial charge in [-0.15, -0.1) is 0 Å². The molecule has 1 saturated carbocycles. The van der Waals surface area contributed by atoms with E-state index in [9.17, 15) is 22.8 Å². The molecule has 38 heavy (non-hydrogen) atoms. The van der Waals surface area contributed by atoms with E-state index in [2.05, 4.69) is 15.5 Å². The molecule has 2 bridgehead atoms. The Morgan fingerprint density at radius 2 is 1.82 bits per heavy atom. The first-order valence-electron chi connectivity index (χ1n) is 12.9. The lowest BCUT2D eigenvalue weighted by atomic mass is 9.84. The molecule has 10 heteroatoms. The first-order chi connectivity index (χ1) is 18.0. The minimum atomic E-state index is -4.59. The number of nitrogens with zero attached hydrogens (tertiary/aromatic N) is 1. The minimum absolute atomic E-state index is 0.0353. The van der Waals surface area contributed by atoms with Gasteiger partial charge in [-0.05, 0) is 80.9 Å². The lowest BCUT2D eigenvalue weighted by Crippen LogP contribution is -2.60. The first-order valence-corrected chi connectivity index (χ1v) is 13.7. The fourth-order valence-electron chi connectivity index (χ4n) is 5.89. The van der Waals surface area contributed by atoms with Crippen molar-refractivity contribution < 1.29 is 22.8 Å². The van der Waals surface area contributed by atoms with Gasteiger partial charge in [0, 0.05) is 29.1 Å². The molecular formula is C28H30Cl2F3N3O2. The van der Waals surface area contributed by atoms with Crippen LogP contribution in [0.2, 0.25) is 10.0 Å². The van der Waals surface area contributed by atoms with Gasteiger partial charge in [0.1, 0.15) is 6.04 Å². The quantitative estimate of drug-likeness (QED) is 0.478. The molecule has 1 aliphatic carbocycles. The van der Waals surface area contributed by atoms with E-state index in [1.165, 1.54) is 6.07 Å². The number of hydrogen-bond acceptors (Lipinski definition) is 3. The summed E-state index contributed by atoms with van der Waals surface area (Å²) >= 11 is 12.4. The van der Waals surface area contributed by atoms with Crippen LogP contribution in [0.5, 0.6) is 0 Å².